The average Bonchev–Trinajstić information content (AvgIpc) is 2.63. The van der Waals surface area contributed by atoms with E-state index in [-0.39, 0.29) is 17.4 Å². The largest absolute Gasteiger partial charge is 0.505 e. The van der Waals surface area contributed by atoms with Gasteiger partial charge in [-0.15, -0.1) is 0 Å². The van der Waals surface area contributed by atoms with E-state index in [9.17, 15) is 23.4 Å². The van der Waals surface area contributed by atoms with E-state index in [0.717, 1.165) is 6.07 Å². The maximum absolute atomic E-state index is 13.9. The highest BCUT2D eigenvalue weighted by molar-refractivity contribution is 6.30. The first-order valence-corrected chi connectivity index (χ1v) is 9.09. The summed E-state index contributed by atoms with van der Waals surface area (Å²) in [6.07, 6.45) is 2.33. The Morgan fingerprint density at radius 1 is 1.04 bits per heavy atom. The first-order chi connectivity index (χ1) is 12.8. The molecule has 0 saturated heterocycles. The van der Waals surface area contributed by atoms with E-state index in [1.807, 2.05) is 0 Å². The molecule has 3 nitrogen and oxygen atoms in total. The van der Waals surface area contributed by atoms with Gasteiger partial charge in [0.15, 0.2) is 23.1 Å². The number of phenolic OH excluding ortho intramolecular Hbond substituents is 1. The topological polar surface area (TPSA) is 49.7 Å². The number of ether oxygens (including phenoxy) is 1. The molecular weight excluding hydrogens is 381 g/mol. The van der Waals surface area contributed by atoms with Gasteiger partial charge >= 0.3 is 0 Å². The highest BCUT2D eigenvalue weighted by Crippen LogP contribution is 2.41. The predicted molar refractivity (Wildman–Crippen MR) is 95.5 cm³/mol. The third-order valence-electron chi connectivity index (χ3n) is 5.11. The molecule has 1 aliphatic rings. The third kappa shape index (κ3) is 4.68. The van der Waals surface area contributed by atoms with Crippen LogP contribution in [0.2, 0.25) is 5.02 Å². The van der Waals surface area contributed by atoms with Crippen LogP contribution in [-0.2, 0) is 6.42 Å². The minimum atomic E-state index is -0.973. The highest BCUT2D eigenvalue weighted by Gasteiger charge is 2.36. The van der Waals surface area contributed by atoms with Crippen LogP contribution in [0.5, 0.6) is 11.5 Å². The van der Waals surface area contributed by atoms with Gasteiger partial charge in [0.25, 0.3) is 0 Å². The number of rotatable bonds is 5. The van der Waals surface area contributed by atoms with Crippen molar-refractivity contribution in [2.75, 3.05) is 6.61 Å². The van der Waals surface area contributed by atoms with E-state index < -0.39 is 34.7 Å². The van der Waals surface area contributed by atoms with Crippen LogP contribution in [0, 0.1) is 22.9 Å². The molecule has 7 heteroatoms. The fourth-order valence-corrected chi connectivity index (χ4v) is 3.65. The van der Waals surface area contributed by atoms with Crippen molar-refractivity contribution in [3.63, 3.8) is 0 Å². The number of hydrogen-bond donors (Lipinski definition) is 2. The van der Waals surface area contributed by atoms with Crippen LogP contribution >= 0.6 is 11.6 Å². The van der Waals surface area contributed by atoms with Gasteiger partial charge in [0, 0.05) is 17.5 Å². The molecule has 0 bridgehead atoms. The molecule has 0 unspecified atom stereocenters. The second kappa shape index (κ2) is 7.98. The van der Waals surface area contributed by atoms with Crippen molar-refractivity contribution in [3.8, 4) is 11.5 Å². The van der Waals surface area contributed by atoms with Gasteiger partial charge < -0.3 is 14.9 Å². The van der Waals surface area contributed by atoms with Gasteiger partial charge in [0.05, 0.1) is 17.7 Å². The van der Waals surface area contributed by atoms with Crippen LogP contribution in [0.4, 0.5) is 13.2 Å². The first-order valence-electron chi connectivity index (χ1n) is 8.71. The number of phenols is 1. The molecule has 0 radical (unpaired) electrons. The van der Waals surface area contributed by atoms with Crippen LogP contribution in [0.15, 0.2) is 30.3 Å². The summed E-state index contributed by atoms with van der Waals surface area (Å²) in [6, 6.07) is 6.02. The summed E-state index contributed by atoms with van der Waals surface area (Å²) < 4.78 is 46.8. The summed E-state index contributed by atoms with van der Waals surface area (Å²) in [4.78, 5) is 0. The van der Waals surface area contributed by atoms with Gasteiger partial charge in [0.1, 0.15) is 5.82 Å². The van der Waals surface area contributed by atoms with Crippen LogP contribution in [0.25, 0.3) is 0 Å². The first kappa shape index (κ1) is 19.8. The molecule has 146 valence electrons. The average molecular weight is 401 g/mol. The predicted octanol–water partition coefficient (Wildman–Crippen LogP) is 5.01. The lowest BCUT2D eigenvalue weighted by Gasteiger charge is -2.39. The molecular formula is C20H20ClF3O3. The summed E-state index contributed by atoms with van der Waals surface area (Å²) >= 11 is 5.73. The van der Waals surface area contributed by atoms with Gasteiger partial charge in [-0.1, -0.05) is 17.7 Å². The molecule has 1 aliphatic carbocycles. The van der Waals surface area contributed by atoms with Crippen molar-refractivity contribution >= 4 is 11.6 Å². The molecule has 0 heterocycles. The Morgan fingerprint density at radius 2 is 1.74 bits per heavy atom. The van der Waals surface area contributed by atoms with E-state index in [1.54, 1.807) is 6.07 Å². The molecule has 27 heavy (non-hydrogen) atoms. The van der Waals surface area contributed by atoms with Crippen molar-refractivity contribution in [1.29, 1.82) is 0 Å². The molecule has 0 atom stereocenters. The molecule has 0 amide bonds. The molecule has 3 rings (SSSR count). The van der Waals surface area contributed by atoms with Crippen molar-refractivity contribution in [3.05, 3.63) is 58.4 Å². The zero-order valence-corrected chi connectivity index (χ0v) is 15.3. The number of aliphatic hydroxyl groups excluding tert-OH is 1. The van der Waals surface area contributed by atoms with Gasteiger partial charge in [-0.25, -0.2) is 13.2 Å². The second-order valence-corrected chi connectivity index (χ2v) is 7.59. The fourth-order valence-electron chi connectivity index (χ4n) is 3.53. The molecule has 1 saturated carbocycles. The van der Waals surface area contributed by atoms with E-state index >= 15 is 0 Å². The zero-order chi connectivity index (χ0) is 19.6. The molecule has 0 spiro atoms. The van der Waals surface area contributed by atoms with E-state index in [4.69, 9.17) is 16.3 Å². The minimum Gasteiger partial charge on any atom is -0.505 e. The number of hydrogen-bond acceptors (Lipinski definition) is 3. The van der Waals surface area contributed by atoms with E-state index in [2.05, 4.69) is 0 Å². The second-order valence-electron chi connectivity index (χ2n) is 7.18. The van der Waals surface area contributed by atoms with E-state index in [0.29, 0.717) is 43.7 Å². The van der Waals surface area contributed by atoms with Crippen molar-refractivity contribution < 1.29 is 28.1 Å². The Bertz CT molecular complexity index is 820. The van der Waals surface area contributed by atoms with Gasteiger partial charge in [-0.2, -0.15) is 0 Å². The maximum Gasteiger partial charge on any atom is 0.168 e. The quantitative estimate of drug-likeness (QED) is 0.742. The SMILES string of the molecule is Oc1cc(F)c(OCC2(Cc3ccc(Cl)c(F)c3)CCC(O)CC2)cc1F. The Balaban J connectivity index is 1.80. The minimum absolute atomic E-state index is 0.0322. The summed E-state index contributed by atoms with van der Waals surface area (Å²) in [7, 11) is 0. The number of benzene rings is 2. The lowest BCUT2D eigenvalue weighted by Crippen LogP contribution is -2.37. The summed E-state index contributed by atoms with van der Waals surface area (Å²) in [5, 5.41) is 19.1. The molecule has 1 fully saturated rings. The maximum atomic E-state index is 13.9. The lowest BCUT2D eigenvalue weighted by atomic mass is 9.70. The lowest BCUT2D eigenvalue weighted by molar-refractivity contribution is 0.0304. The van der Waals surface area contributed by atoms with Gasteiger partial charge in [0.2, 0.25) is 0 Å². The Morgan fingerprint density at radius 3 is 2.41 bits per heavy atom. The van der Waals surface area contributed by atoms with Gasteiger partial charge in [-0.3, -0.25) is 0 Å². The standard InChI is InChI=1S/C20H20ClF3O3/c21-14-2-1-12(7-15(14)22)10-20(5-3-13(25)4-6-20)11-27-19-9-16(23)18(26)8-17(19)24/h1-2,7-9,13,25-26H,3-6,10-11H2. The summed E-state index contributed by atoms with van der Waals surface area (Å²) in [5.41, 5.74) is 0.259. The van der Waals surface area contributed by atoms with E-state index in [1.165, 1.54) is 12.1 Å². The third-order valence-corrected chi connectivity index (χ3v) is 5.42. The van der Waals surface area contributed by atoms with Crippen LogP contribution < -0.4 is 4.74 Å². The molecule has 2 aromatic rings. The Kier molecular flexibility index (Phi) is 5.86. The smallest absolute Gasteiger partial charge is 0.168 e. The molecule has 0 aromatic heterocycles. The van der Waals surface area contributed by atoms with Crippen molar-refractivity contribution in [2.45, 2.75) is 38.2 Å². The highest BCUT2D eigenvalue weighted by atomic mass is 35.5. The van der Waals surface area contributed by atoms with Crippen molar-refractivity contribution in [1.82, 2.24) is 0 Å². The van der Waals surface area contributed by atoms with Crippen LogP contribution in [0.1, 0.15) is 31.2 Å². The number of halogens is 4. The fraction of sp³-hybridized carbons (Fsp3) is 0.400. The molecule has 2 N–H and O–H groups in total. The summed E-state index contributed by atoms with van der Waals surface area (Å²) in [6.45, 7) is 0.0745. The Labute approximate surface area is 160 Å². The number of aromatic hydroxyl groups is 1. The van der Waals surface area contributed by atoms with Crippen LogP contribution in [0.3, 0.4) is 0 Å². The normalized spacial score (nSPS) is 22.6. The molecule has 2 aromatic carbocycles. The van der Waals surface area contributed by atoms with Crippen molar-refractivity contribution in [2.24, 2.45) is 5.41 Å². The number of aliphatic hydroxyl groups is 1. The van der Waals surface area contributed by atoms with Gasteiger partial charge in [-0.05, 0) is 49.8 Å². The summed E-state index contributed by atoms with van der Waals surface area (Å²) in [5.74, 6) is -3.44. The zero-order valence-electron chi connectivity index (χ0n) is 14.5. The van der Waals surface area contributed by atoms with Crippen LogP contribution in [-0.4, -0.2) is 22.9 Å². The Hall–Kier alpha value is -1.92. The molecule has 0 aliphatic heterocycles. The monoisotopic (exact) mass is 400 g/mol.